The highest BCUT2D eigenvalue weighted by Crippen LogP contribution is 2.59. The first-order chi connectivity index (χ1) is 34.3. The summed E-state index contributed by atoms with van der Waals surface area (Å²) in [6, 6.07) is 15.1. The van der Waals surface area contributed by atoms with Gasteiger partial charge in [-0.2, -0.15) is 4.98 Å². The third-order valence-corrected chi connectivity index (χ3v) is 18.4. The molecular weight excluding hydrogens is 994 g/mol. The largest absolute Gasteiger partial charge is 0.494 e. The Hall–Kier alpha value is -5.81. The third-order valence-electron chi connectivity index (χ3n) is 14.9. The highest BCUT2D eigenvalue weighted by Gasteiger charge is 2.44. The Kier molecular flexibility index (Phi) is 14.0. The fraction of sp³-hybridized carbons (Fsp3) is 0.423. The first-order valence-electron chi connectivity index (χ1n) is 24.6. The van der Waals surface area contributed by atoms with Crippen LogP contribution in [0.2, 0.25) is 0 Å². The molecule has 15 nitrogen and oxygen atoms in total. The SMILES string of the molecule is CCc1cc(Nc2ncc(Br)c(Nc3ccc4nc(C)ccc4c3[P+]3(O)CC=CC3)n2)c(OC)cc1N1CCC(N2CCN(C(=O)C3CCN(c4cc(F)c(C5CCC(=O)NC5=O)c(F)c4)C3)CC2)CC1. The number of amides is 3. The predicted octanol–water partition coefficient (Wildman–Crippen LogP) is 7.71. The smallest absolute Gasteiger partial charge is 0.234 e. The number of aryl methyl sites for hydroxylation is 2. The maximum absolute atomic E-state index is 15.3. The number of ether oxygens (including phenoxy) is 1. The maximum Gasteiger partial charge on any atom is 0.234 e. The first-order valence-corrected chi connectivity index (χ1v) is 27.5. The highest BCUT2D eigenvalue weighted by molar-refractivity contribution is 9.10. The van der Waals surface area contributed by atoms with Crippen LogP contribution < -0.4 is 35.8 Å². The molecule has 372 valence electrons. The van der Waals surface area contributed by atoms with E-state index in [2.05, 4.69) is 83.9 Å². The van der Waals surface area contributed by atoms with Crippen LogP contribution in [0.5, 0.6) is 5.75 Å². The van der Waals surface area contributed by atoms with Crippen molar-refractivity contribution in [3.63, 3.8) is 0 Å². The summed E-state index contributed by atoms with van der Waals surface area (Å²) in [6.07, 6.45) is 10.5. The Morgan fingerprint density at radius 2 is 1.63 bits per heavy atom. The zero-order valence-electron chi connectivity index (χ0n) is 40.2. The molecule has 0 bridgehead atoms. The van der Waals surface area contributed by atoms with Crippen LogP contribution in [-0.2, 0) is 20.8 Å². The van der Waals surface area contributed by atoms with Crippen LogP contribution in [0.15, 0.2) is 71.4 Å². The van der Waals surface area contributed by atoms with Crippen LogP contribution in [-0.4, -0.2) is 125 Å². The predicted molar refractivity (Wildman–Crippen MR) is 278 cm³/mol. The van der Waals surface area contributed by atoms with Crippen molar-refractivity contribution in [2.45, 2.75) is 64.3 Å². The summed E-state index contributed by atoms with van der Waals surface area (Å²) >= 11 is 3.66. The number of fused-ring (bicyclic) bond motifs is 1. The van der Waals surface area contributed by atoms with E-state index < -0.39 is 36.9 Å². The van der Waals surface area contributed by atoms with Crippen molar-refractivity contribution in [1.29, 1.82) is 0 Å². The molecule has 2 atom stereocenters. The quantitative estimate of drug-likeness (QED) is 0.0546. The lowest BCUT2D eigenvalue weighted by atomic mass is 9.89. The van der Waals surface area contributed by atoms with Gasteiger partial charge >= 0.3 is 0 Å². The summed E-state index contributed by atoms with van der Waals surface area (Å²) in [5.74, 6) is -2.42. The second-order valence-corrected chi connectivity index (χ2v) is 23.1. The number of methoxy groups -OCH3 is 1. The minimum atomic E-state index is -2.52. The zero-order chi connectivity index (χ0) is 49.6. The molecule has 0 radical (unpaired) electrons. The van der Waals surface area contributed by atoms with E-state index in [1.807, 2.05) is 34.9 Å². The van der Waals surface area contributed by atoms with Gasteiger partial charge in [0, 0.05) is 105 Å². The van der Waals surface area contributed by atoms with Gasteiger partial charge in [-0.3, -0.25) is 29.6 Å². The van der Waals surface area contributed by atoms with E-state index in [9.17, 15) is 19.3 Å². The second kappa shape index (κ2) is 20.4. The third kappa shape index (κ3) is 9.92. The Bertz CT molecular complexity index is 2900. The van der Waals surface area contributed by atoms with Crippen LogP contribution in [0.4, 0.5) is 43.3 Å². The monoisotopic (exact) mass is 1050 g/mol. The fourth-order valence-electron chi connectivity index (χ4n) is 11.1. The minimum Gasteiger partial charge on any atom is -0.494 e. The number of benzene rings is 3. The van der Waals surface area contributed by atoms with Gasteiger partial charge in [0.15, 0.2) is 18.6 Å². The van der Waals surface area contributed by atoms with E-state index in [-0.39, 0.29) is 30.2 Å². The Morgan fingerprint density at radius 1 is 0.901 bits per heavy atom. The Morgan fingerprint density at radius 3 is 2.34 bits per heavy atom. The first kappa shape index (κ1) is 48.8. The molecule has 7 heterocycles. The van der Waals surface area contributed by atoms with Gasteiger partial charge in [0.05, 0.1) is 40.3 Å². The van der Waals surface area contributed by atoms with E-state index in [0.29, 0.717) is 78.6 Å². The average molecular weight is 1050 g/mol. The second-order valence-electron chi connectivity index (χ2n) is 19.3. The highest BCUT2D eigenvalue weighted by atomic mass is 79.9. The number of hydrogen-bond acceptors (Lipinski definition) is 13. The molecular formula is C52H59BrF2N10O5P+. The molecule has 2 aromatic heterocycles. The number of hydrogen-bond donors (Lipinski definition) is 4. The number of halogens is 3. The van der Waals surface area contributed by atoms with Crippen molar-refractivity contribution in [1.82, 2.24) is 30.1 Å². The van der Waals surface area contributed by atoms with Gasteiger partial charge < -0.3 is 30.1 Å². The summed E-state index contributed by atoms with van der Waals surface area (Å²) in [6.45, 7) is 9.58. The Balaban J connectivity index is 0.747. The topological polar surface area (TPSA) is 168 Å². The standard InChI is InChI=1S/C52H58BrF2N10O5P/c1-4-32-25-43(59-52-56-29-38(53)49(61-52)58-42-11-10-41-36(8-7-31(2)57-41)48(42)71(69)23-5-6-24-71)45(70-3)28-44(32)63-17-14-34(15-18-63)62-19-21-64(22-20-62)51(68)33-13-16-65(30-33)35-26-39(54)47(40(55)27-35)37-9-12-46(66)60-50(37)67/h5-8,10-11,25-29,33-34,37,69H,4,9,12-24,30H2,1-3H3,(H2-,56,58,59,60,61,66,67)/p+1. The number of allylic oxidation sites excluding steroid dienone is 2. The van der Waals surface area contributed by atoms with Gasteiger partial charge in [0.25, 0.3) is 0 Å². The lowest BCUT2D eigenvalue weighted by molar-refractivity contribution is -0.137. The van der Waals surface area contributed by atoms with Crippen molar-refractivity contribution in [2.24, 2.45) is 5.92 Å². The zero-order valence-corrected chi connectivity index (χ0v) is 42.7. The van der Waals surface area contributed by atoms with Crippen molar-refractivity contribution in [3.8, 4) is 5.75 Å². The lowest BCUT2D eigenvalue weighted by Gasteiger charge is -2.44. The lowest BCUT2D eigenvalue weighted by Crippen LogP contribution is -2.55. The number of rotatable bonds is 12. The molecule has 0 spiro atoms. The molecule has 5 aliphatic heterocycles. The van der Waals surface area contributed by atoms with Gasteiger partial charge in [0.1, 0.15) is 29.7 Å². The molecule has 2 unspecified atom stereocenters. The van der Waals surface area contributed by atoms with Crippen molar-refractivity contribution >= 4 is 91.9 Å². The molecule has 19 heteroatoms. The number of aromatic nitrogens is 3. The molecule has 3 aromatic carbocycles. The number of nitrogens with zero attached hydrogens (tertiary/aromatic N) is 7. The summed E-state index contributed by atoms with van der Waals surface area (Å²) in [4.78, 5) is 72.7. The van der Waals surface area contributed by atoms with Gasteiger partial charge in [0.2, 0.25) is 23.7 Å². The number of pyridine rings is 1. The fourth-order valence-corrected chi connectivity index (χ4v) is 14.1. The van der Waals surface area contributed by atoms with Gasteiger partial charge in [-0.1, -0.05) is 6.92 Å². The van der Waals surface area contributed by atoms with E-state index in [4.69, 9.17) is 14.7 Å². The molecule has 4 N–H and O–H groups in total. The minimum absolute atomic E-state index is 0.0272. The molecule has 0 aliphatic carbocycles. The molecule has 5 aromatic rings. The summed E-state index contributed by atoms with van der Waals surface area (Å²) < 4.78 is 37.3. The molecule has 5 aliphatic rings. The molecule has 3 amide bonds. The molecule has 0 saturated carbocycles. The van der Waals surface area contributed by atoms with E-state index >= 15 is 8.78 Å². The number of imide groups is 1. The van der Waals surface area contributed by atoms with Crippen molar-refractivity contribution in [3.05, 3.63) is 99.8 Å². The van der Waals surface area contributed by atoms with Crippen LogP contribution >= 0.6 is 23.4 Å². The molecule has 71 heavy (non-hydrogen) atoms. The number of nitrogens with one attached hydrogen (secondary N) is 3. The molecule has 4 saturated heterocycles. The average Bonchev–Trinajstić information content (AvgIpc) is 4.05. The molecule has 10 rings (SSSR count). The van der Waals surface area contributed by atoms with E-state index in [0.717, 1.165) is 84.4 Å². The van der Waals surface area contributed by atoms with Crippen LogP contribution in [0.3, 0.4) is 0 Å². The van der Waals surface area contributed by atoms with Gasteiger partial charge in [-0.05, 0) is 115 Å². The number of carbonyl (C=O) groups excluding carboxylic acids is 3. The van der Waals surface area contributed by atoms with Crippen LogP contribution in [0.1, 0.15) is 61.8 Å². The van der Waals surface area contributed by atoms with Gasteiger partial charge in [-0.15, -0.1) is 0 Å². The number of piperazine rings is 1. The van der Waals surface area contributed by atoms with Gasteiger partial charge in [-0.25, -0.2) is 18.7 Å². The Labute approximate surface area is 421 Å². The summed E-state index contributed by atoms with van der Waals surface area (Å²) in [5, 5.41) is 11.0. The summed E-state index contributed by atoms with van der Waals surface area (Å²) in [7, 11) is -0.847. The summed E-state index contributed by atoms with van der Waals surface area (Å²) in [5.41, 5.74) is 5.64. The maximum atomic E-state index is 15.3. The van der Waals surface area contributed by atoms with Crippen LogP contribution in [0, 0.1) is 24.5 Å². The normalized spacial score (nSPS) is 20.7. The van der Waals surface area contributed by atoms with Crippen LogP contribution in [0.25, 0.3) is 10.9 Å². The molecule has 4 fully saturated rings. The van der Waals surface area contributed by atoms with E-state index in [1.165, 1.54) is 17.7 Å². The van der Waals surface area contributed by atoms with E-state index in [1.54, 1.807) is 13.3 Å². The van der Waals surface area contributed by atoms with Crippen molar-refractivity contribution in [2.75, 3.05) is 92.2 Å². The number of anilines is 6. The number of piperidine rings is 2. The number of carbonyl (C=O) groups is 3. The van der Waals surface area contributed by atoms with Crippen molar-refractivity contribution < 1.29 is 32.8 Å².